The van der Waals surface area contributed by atoms with Crippen molar-refractivity contribution < 1.29 is 9.84 Å². The van der Waals surface area contributed by atoms with E-state index in [0.717, 1.165) is 11.0 Å². The molecule has 0 spiro atoms. The molecule has 1 aromatic rings. The minimum atomic E-state index is -0.437. The van der Waals surface area contributed by atoms with Gasteiger partial charge in [0.05, 0.1) is 11.7 Å². The third-order valence-corrected chi connectivity index (χ3v) is 3.34. The molecule has 0 aromatic carbocycles. The highest BCUT2D eigenvalue weighted by Gasteiger charge is 2.15. The number of aliphatic hydroxyl groups is 1. The summed E-state index contributed by atoms with van der Waals surface area (Å²) in [4.78, 5) is 29.2. The quantitative estimate of drug-likeness (QED) is 0.445. The van der Waals surface area contributed by atoms with E-state index in [0.29, 0.717) is 30.1 Å². The normalized spacial score (nSPS) is 10.6. The largest absolute Gasteiger partial charge is 0.478 e. The summed E-state index contributed by atoms with van der Waals surface area (Å²) in [6.07, 6.45) is 1.82. The molecular formula is C20H37N3O4. The summed E-state index contributed by atoms with van der Waals surface area (Å²) in [5.41, 5.74) is -0.417. The molecule has 0 aliphatic rings. The Morgan fingerprint density at radius 2 is 1.81 bits per heavy atom. The van der Waals surface area contributed by atoms with Crippen molar-refractivity contribution in [2.45, 2.75) is 73.5 Å². The molecule has 0 aliphatic heterocycles. The Labute approximate surface area is 163 Å². The molecule has 1 heterocycles. The van der Waals surface area contributed by atoms with E-state index in [1.165, 1.54) is 4.57 Å². The molecule has 7 nitrogen and oxygen atoms in total. The van der Waals surface area contributed by atoms with E-state index >= 15 is 0 Å². The van der Waals surface area contributed by atoms with Gasteiger partial charge in [0.2, 0.25) is 0 Å². The lowest BCUT2D eigenvalue weighted by Crippen LogP contribution is -2.40. The first kappa shape index (κ1) is 27.1. The van der Waals surface area contributed by atoms with Crippen LogP contribution in [0.25, 0.3) is 0 Å². The highest BCUT2D eigenvalue weighted by molar-refractivity contribution is 5.79. The summed E-state index contributed by atoms with van der Waals surface area (Å²) in [6, 6.07) is 0. The summed E-state index contributed by atoms with van der Waals surface area (Å²) in [7, 11) is 1.59. The molecule has 0 radical (unpaired) electrons. The second-order valence-corrected chi connectivity index (χ2v) is 5.75. The topological polar surface area (TPSA) is 85.8 Å². The van der Waals surface area contributed by atoms with Crippen LogP contribution in [0.1, 0.15) is 59.4 Å². The lowest BCUT2D eigenvalue weighted by molar-refractivity contribution is 0.221. The minimum absolute atomic E-state index is 0.0254. The van der Waals surface area contributed by atoms with Crippen LogP contribution in [-0.2, 0) is 18.3 Å². The monoisotopic (exact) mass is 383 g/mol. The van der Waals surface area contributed by atoms with Crippen molar-refractivity contribution in [2.24, 2.45) is 12.0 Å². The number of ether oxygens (including phenoxy) is 1. The predicted molar refractivity (Wildman–Crippen MR) is 113 cm³/mol. The number of hydrogen-bond donors (Lipinski definition) is 1. The zero-order valence-corrected chi connectivity index (χ0v) is 18.0. The predicted octanol–water partition coefficient (Wildman–Crippen LogP) is 3.32. The fraction of sp³-hybridized carbons (Fsp3) is 0.650. The minimum Gasteiger partial charge on any atom is -0.478 e. The van der Waals surface area contributed by atoms with Gasteiger partial charge in [0.15, 0.2) is 5.90 Å². The molecule has 0 atom stereocenters. The van der Waals surface area contributed by atoms with Crippen LogP contribution in [0.15, 0.2) is 27.7 Å². The van der Waals surface area contributed by atoms with Crippen molar-refractivity contribution in [1.82, 2.24) is 9.13 Å². The van der Waals surface area contributed by atoms with Gasteiger partial charge >= 0.3 is 5.69 Å². The number of aromatic nitrogens is 2. The summed E-state index contributed by atoms with van der Waals surface area (Å²) in [6.45, 7) is 17.6. The molecule has 0 aliphatic carbocycles. The first-order valence-electron chi connectivity index (χ1n) is 9.48. The highest BCUT2D eigenvalue weighted by Crippen LogP contribution is 2.14. The van der Waals surface area contributed by atoms with Gasteiger partial charge in [0, 0.05) is 26.6 Å². The Kier molecular flexibility index (Phi) is 15.0. The average Bonchev–Trinajstić information content (AvgIpc) is 2.66. The van der Waals surface area contributed by atoms with Gasteiger partial charge in [-0.25, -0.2) is 4.79 Å². The van der Waals surface area contributed by atoms with Gasteiger partial charge < -0.3 is 9.84 Å². The van der Waals surface area contributed by atoms with Crippen LogP contribution < -0.4 is 11.2 Å². The second-order valence-electron chi connectivity index (χ2n) is 5.75. The Bertz CT molecular complexity index is 650. The van der Waals surface area contributed by atoms with Crippen molar-refractivity contribution in [3.8, 4) is 0 Å². The van der Waals surface area contributed by atoms with Crippen LogP contribution in [0.3, 0.4) is 0 Å². The number of hydrogen-bond acceptors (Lipinski definition) is 5. The standard InChI is InChI=1S/C16H27N3O4.C2H6.C2H4/c1-6-8-13(23-11(2)3)17-14-12(4)15(21)19(9-7-10-20)16(22)18(14)5;2*1-2/h11,20H,6-10H2,1-5H3;1-2H3;1-2H2/b17-13+;;. The maximum atomic E-state index is 12.4. The lowest BCUT2D eigenvalue weighted by Gasteiger charge is -2.15. The van der Waals surface area contributed by atoms with Gasteiger partial charge in [0.25, 0.3) is 5.56 Å². The maximum Gasteiger partial charge on any atom is 0.332 e. The molecule has 1 aromatic heterocycles. The van der Waals surface area contributed by atoms with Crippen LogP contribution >= 0.6 is 0 Å². The maximum absolute atomic E-state index is 12.4. The highest BCUT2D eigenvalue weighted by atomic mass is 16.5. The first-order chi connectivity index (χ1) is 12.8. The average molecular weight is 384 g/mol. The number of rotatable bonds is 7. The molecule has 27 heavy (non-hydrogen) atoms. The summed E-state index contributed by atoms with van der Waals surface area (Å²) in [5.74, 6) is 0.845. The Morgan fingerprint density at radius 3 is 2.26 bits per heavy atom. The van der Waals surface area contributed by atoms with Crippen molar-refractivity contribution in [3.05, 3.63) is 39.6 Å². The fourth-order valence-corrected chi connectivity index (χ4v) is 2.24. The van der Waals surface area contributed by atoms with Crippen LogP contribution in [-0.4, -0.2) is 32.8 Å². The van der Waals surface area contributed by atoms with Crippen LogP contribution in [0.2, 0.25) is 0 Å². The Balaban J connectivity index is 0. The molecule has 0 saturated heterocycles. The fourth-order valence-electron chi connectivity index (χ4n) is 2.24. The zero-order chi connectivity index (χ0) is 21.6. The smallest absolute Gasteiger partial charge is 0.332 e. The van der Waals surface area contributed by atoms with Crippen molar-refractivity contribution in [3.63, 3.8) is 0 Å². The SMILES string of the molecule is C=C.CC.CCC/C(=N\c1c(C)c(=O)n(CCCO)c(=O)n1C)OC(C)C. The summed E-state index contributed by atoms with van der Waals surface area (Å²) in [5, 5.41) is 8.90. The van der Waals surface area contributed by atoms with Crippen LogP contribution in [0.5, 0.6) is 0 Å². The van der Waals surface area contributed by atoms with Gasteiger partial charge in [-0.2, -0.15) is 4.99 Å². The Hall–Kier alpha value is -2.15. The van der Waals surface area contributed by atoms with Gasteiger partial charge in [0.1, 0.15) is 5.82 Å². The van der Waals surface area contributed by atoms with Crippen molar-refractivity contribution >= 4 is 11.7 Å². The van der Waals surface area contributed by atoms with E-state index in [4.69, 9.17) is 9.84 Å². The molecule has 1 N–H and O–H groups in total. The first-order valence-corrected chi connectivity index (χ1v) is 9.48. The second kappa shape index (κ2) is 15.0. The molecule has 0 bridgehead atoms. The van der Waals surface area contributed by atoms with Gasteiger partial charge in [-0.1, -0.05) is 20.8 Å². The van der Waals surface area contributed by atoms with Gasteiger partial charge in [-0.05, 0) is 33.6 Å². The third-order valence-electron chi connectivity index (χ3n) is 3.34. The third kappa shape index (κ3) is 8.39. The molecular weight excluding hydrogens is 346 g/mol. The molecule has 7 heteroatoms. The summed E-state index contributed by atoms with van der Waals surface area (Å²) < 4.78 is 8.16. The lowest BCUT2D eigenvalue weighted by atomic mass is 10.3. The molecule has 0 unspecified atom stereocenters. The Morgan fingerprint density at radius 1 is 1.26 bits per heavy atom. The van der Waals surface area contributed by atoms with Crippen molar-refractivity contribution in [1.29, 1.82) is 0 Å². The van der Waals surface area contributed by atoms with Gasteiger partial charge in [-0.3, -0.25) is 13.9 Å². The summed E-state index contributed by atoms with van der Waals surface area (Å²) >= 11 is 0. The van der Waals surface area contributed by atoms with E-state index < -0.39 is 5.69 Å². The van der Waals surface area contributed by atoms with Crippen LogP contribution in [0.4, 0.5) is 5.82 Å². The van der Waals surface area contributed by atoms with E-state index in [1.807, 2.05) is 34.6 Å². The molecule has 0 saturated carbocycles. The molecule has 156 valence electrons. The number of aliphatic hydroxyl groups excluding tert-OH is 1. The van der Waals surface area contributed by atoms with Crippen molar-refractivity contribution in [2.75, 3.05) is 6.61 Å². The number of nitrogens with zero attached hydrogens (tertiary/aromatic N) is 3. The zero-order valence-electron chi connectivity index (χ0n) is 18.0. The van der Waals surface area contributed by atoms with E-state index in [9.17, 15) is 9.59 Å². The molecule has 0 fully saturated rings. The van der Waals surface area contributed by atoms with E-state index in [1.54, 1.807) is 14.0 Å². The molecule has 1 rings (SSSR count). The number of aliphatic imine (C=N–C) groups is 1. The van der Waals surface area contributed by atoms with Crippen LogP contribution in [0, 0.1) is 6.92 Å². The van der Waals surface area contributed by atoms with E-state index in [-0.39, 0.29) is 24.8 Å². The van der Waals surface area contributed by atoms with Gasteiger partial charge in [-0.15, -0.1) is 13.2 Å². The van der Waals surface area contributed by atoms with E-state index in [2.05, 4.69) is 18.2 Å². The molecule has 0 amide bonds.